The van der Waals surface area contributed by atoms with Gasteiger partial charge in [0, 0.05) is 18.3 Å². The van der Waals surface area contributed by atoms with Gasteiger partial charge >= 0.3 is 12.0 Å². The number of carbonyl (C=O) groups is 3. The zero-order valence-corrected chi connectivity index (χ0v) is 11.0. The number of carbonyl (C=O) groups excluding carboxylic acids is 2. The Balaban J connectivity index is 2.44. The van der Waals surface area contributed by atoms with Crippen molar-refractivity contribution in [3.63, 3.8) is 0 Å². The molecule has 3 amide bonds. The number of nitrogens with two attached hydrogens (primary N) is 1. The zero-order chi connectivity index (χ0) is 14.4. The maximum atomic E-state index is 11.4. The van der Waals surface area contributed by atoms with Crippen molar-refractivity contribution in [2.45, 2.75) is 19.4 Å². The maximum absolute atomic E-state index is 11.4. The molecule has 0 saturated heterocycles. The van der Waals surface area contributed by atoms with Gasteiger partial charge < -0.3 is 21.5 Å². The van der Waals surface area contributed by atoms with Gasteiger partial charge in [0.25, 0.3) is 0 Å². The van der Waals surface area contributed by atoms with Crippen molar-refractivity contribution >= 4 is 29.2 Å². The number of rotatable bonds is 6. The van der Waals surface area contributed by atoms with Gasteiger partial charge in [0.05, 0.1) is 6.04 Å². The number of nitrogens with zero attached hydrogens (tertiary/aromatic N) is 1. The molecule has 5 N–H and O–H groups in total. The highest BCUT2D eigenvalue weighted by molar-refractivity contribution is 7.09. The molecule has 1 heterocycles. The molecule has 8 nitrogen and oxygen atoms in total. The number of aromatic nitrogens is 1. The molecule has 1 aromatic rings. The number of thiazole rings is 1. The number of hydrogen-bond acceptors (Lipinski definition) is 5. The summed E-state index contributed by atoms with van der Waals surface area (Å²) in [6, 6.07) is -0.896. The highest BCUT2D eigenvalue weighted by atomic mass is 32.1. The summed E-state index contributed by atoms with van der Waals surface area (Å²) in [5, 5.41) is 15.7. The minimum Gasteiger partial charge on any atom is -0.476 e. The van der Waals surface area contributed by atoms with Gasteiger partial charge in [-0.05, 0) is 6.92 Å². The standard InChI is InChI=1S/C10H14N4O4S/c1-5(8-14-6(4-19-8)9(16)17)13-10(18)12-3-2-7(11)15/h4-5H,2-3H2,1H3,(H2,11,15)(H,16,17)(H2,12,13,18). The maximum Gasteiger partial charge on any atom is 0.355 e. The van der Waals surface area contributed by atoms with Crippen LogP contribution in [0.15, 0.2) is 5.38 Å². The summed E-state index contributed by atoms with van der Waals surface area (Å²) in [4.78, 5) is 36.5. The van der Waals surface area contributed by atoms with Crippen LogP contribution in [0, 0.1) is 0 Å². The third-order valence-corrected chi connectivity index (χ3v) is 3.14. The van der Waals surface area contributed by atoms with Crippen LogP contribution in [-0.2, 0) is 4.79 Å². The van der Waals surface area contributed by atoms with E-state index >= 15 is 0 Å². The lowest BCUT2D eigenvalue weighted by Crippen LogP contribution is -2.38. The van der Waals surface area contributed by atoms with Crippen LogP contribution >= 0.6 is 11.3 Å². The fraction of sp³-hybridized carbons (Fsp3) is 0.400. The van der Waals surface area contributed by atoms with Crippen LogP contribution in [0.5, 0.6) is 0 Å². The molecule has 104 valence electrons. The average Bonchev–Trinajstić information content (AvgIpc) is 2.77. The fourth-order valence-electron chi connectivity index (χ4n) is 1.19. The van der Waals surface area contributed by atoms with Gasteiger partial charge in [0.15, 0.2) is 5.69 Å². The van der Waals surface area contributed by atoms with Crippen LogP contribution < -0.4 is 16.4 Å². The number of nitrogens with one attached hydrogen (secondary N) is 2. The molecule has 1 rings (SSSR count). The molecule has 0 aliphatic rings. The molecule has 0 saturated carbocycles. The lowest BCUT2D eigenvalue weighted by molar-refractivity contribution is -0.117. The van der Waals surface area contributed by atoms with Crippen molar-refractivity contribution in [2.24, 2.45) is 5.73 Å². The molecule has 0 fully saturated rings. The number of carboxylic acid groups (broad SMARTS) is 1. The Hall–Kier alpha value is -2.16. The first-order chi connectivity index (χ1) is 8.90. The highest BCUT2D eigenvalue weighted by Gasteiger charge is 2.15. The van der Waals surface area contributed by atoms with E-state index in [0.717, 1.165) is 11.3 Å². The average molecular weight is 286 g/mol. The molecule has 19 heavy (non-hydrogen) atoms. The van der Waals surface area contributed by atoms with Crippen molar-refractivity contribution < 1.29 is 19.5 Å². The zero-order valence-electron chi connectivity index (χ0n) is 10.2. The Morgan fingerprint density at radius 1 is 1.53 bits per heavy atom. The third-order valence-electron chi connectivity index (χ3n) is 2.12. The molecular formula is C10H14N4O4S. The number of primary amides is 1. The van der Waals surface area contributed by atoms with Crippen molar-refractivity contribution in [2.75, 3.05) is 6.54 Å². The van der Waals surface area contributed by atoms with Crippen molar-refractivity contribution in [3.05, 3.63) is 16.1 Å². The molecule has 1 aromatic heterocycles. The second kappa shape index (κ2) is 6.69. The molecule has 0 aliphatic carbocycles. The van der Waals surface area contributed by atoms with Gasteiger partial charge in [-0.1, -0.05) is 0 Å². The summed E-state index contributed by atoms with van der Waals surface area (Å²) in [7, 11) is 0. The summed E-state index contributed by atoms with van der Waals surface area (Å²) in [5.74, 6) is -1.61. The predicted octanol–water partition coefficient (Wildman–Crippen LogP) is 0.0769. The Bertz CT molecular complexity index is 488. The normalized spacial score (nSPS) is 11.6. The molecule has 1 atom stereocenters. The molecule has 0 spiro atoms. The van der Waals surface area contributed by atoms with E-state index in [9.17, 15) is 14.4 Å². The first kappa shape index (κ1) is 14.9. The molecule has 0 aliphatic heterocycles. The smallest absolute Gasteiger partial charge is 0.355 e. The Morgan fingerprint density at radius 2 is 2.21 bits per heavy atom. The third kappa shape index (κ3) is 4.92. The second-order valence-electron chi connectivity index (χ2n) is 3.71. The molecule has 9 heteroatoms. The quantitative estimate of drug-likeness (QED) is 0.587. The van der Waals surface area contributed by atoms with E-state index in [2.05, 4.69) is 15.6 Å². The van der Waals surface area contributed by atoms with Gasteiger partial charge in [-0.25, -0.2) is 14.6 Å². The number of hydrogen-bond donors (Lipinski definition) is 4. The number of aromatic carboxylic acids is 1. The molecule has 0 radical (unpaired) electrons. The number of urea groups is 1. The Labute approximate surface area is 113 Å². The second-order valence-corrected chi connectivity index (χ2v) is 4.60. The lowest BCUT2D eigenvalue weighted by atomic mass is 10.3. The minimum atomic E-state index is -1.11. The SMILES string of the molecule is CC(NC(=O)NCCC(N)=O)c1nc(C(=O)O)cs1. The summed E-state index contributed by atoms with van der Waals surface area (Å²) in [6.07, 6.45) is 0.0578. The van der Waals surface area contributed by atoms with Crippen molar-refractivity contribution in [1.82, 2.24) is 15.6 Å². The van der Waals surface area contributed by atoms with Crippen LogP contribution in [0.3, 0.4) is 0 Å². The summed E-state index contributed by atoms with van der Waals surface area (Å²) >= 11 is 1.15. The van der Waals surface area contributed by atoms with E-state index in [1.807, 2.05) is 0 Å². The first-order valence-electron chi connectivity index (χ1n) is 5.41. The van der Waals surface area contributed by atoms with Crippen LogP contribution in [-0.4, -0.2) is 34.5 Å². The molecule has 1 unspecified atom stereocenters. The fourth-order valence-corrected chi connectivity index (χ4v) is 1.99. The summed E-state index contributed by atoms with van der Waals surface area (Å²) in [6.45, 7) is 1.82. The van der Waals surface area contributed by atoms with Gasteiger partial charge in [0.1, 0.15) is 5.01 Å². The van der Waals surface area contributed by atoms with E-state index in [1.54, 1.807) is 6.92 Å². The summed E-state index contributed by atoms with van der Waals surface area (Å²) in [5.41, 5.74) is 4.87. The van der Waals surface area contributed by atoms with Crippen LogP contribution in [0.25, 0.3) is 0 Å². The topological polar surface area (TPSA) is 134 Å². The number of amides is 3. The largest absolute Gasteiger partial charge is 0.476 e. The van der Waals surface area contributed by atoms with Crippen LogP contribution in [0.4, 0.5) is 4.79 Å². The van der Waals surface area contributed by atoms with E-state index in [-0.39, 0.29) is 18.7 Å². The lowest BCUT2D eigenvalue weighted by Gasteiger charge is -2.11. The van der Waals surface area contributed by atoms with Gasteiger partial charge in [0.2, 0.25) is 5.91 Å². The van der Waals surface area contributed by atoms with Crippen LogP contribution in [0.2, 0.25) is 0 Å². The molecular weight excluding hydrogens is 272 g/mol. The van der Waals surface area contributed by atoms with E-state index in [0.29, 0.717) is 5.01 Å². The summed E-state index contributed by atoms with van der Waals surface area (Å²) < 4.78 is 0. The van der Waals surface area contributed by atoms with E-state index in [4.69, 9.17) is 10.8 Å². The van der Waals surface area contributed by atoms with Gasteiger partial charge in [-0.2, -0.15) is 0 Å². The van der Waals surface area contributed by atoms with Gasteiger partial charge in [-0.15, -0.1) is 11.3 Å². The number of carboxylic acids is 1. The first-order valence-corrected chi connectivity index (χ1v) is 6.29. The monoisotopic (exact) mass is 286 g/mol. The van der Waals surface area contributed by atoms with Crippen molar-refractivity contribution in [1.29, 1.82) is 0 Å². The van der Waals surface area contributed by atoms with E-state index < -0.39 is 23.9 Å². The molecule has 0 bridgehead atoms. The van der Waals surface area contributed by atoms with Gasteiger partial charge in [-0.3, -0.25) is 4.79 Å². The van der Waals surface area contributed by atoms with Crippen LogP contribution in [0.1, 0.15) is 34.9 Å². The van der Waals surface area contributed by atoms with E-state index in [1.165, 1.54) is 5.38 Å². The molecule has 0 aromatic carbocycles. The Morgan fingerprint density at radius 3 is 2.74 bits per heavy atom. The Kier molecular flexibility index (Phi) is 5.24. The van der Waals surface area contributed by atoms with Crippen molar-refractivity contribution in [3.8, 4) is 0 Å². The highest BCUT2D eigenvalue weighted by Crippen LogP contribution is 2.17. The predicted molar refractivity (Wildman–Crippen MR) is 67.8 cm³/mol. The minimum absolute atomic E-state index is 0.0530.